The van der Waals surface area contributed by atoms with Gasteiger partial charge in [0, 0.05) is 17.0 Å². The summed E-state index contributed by atoms with van der Waals surface area (Å²) in [4.78, 5) is 40.4. The Balaban J connectivity index is 1.84. The predicted octanol–water partition coefficient (Wildman–Crippen LogP) is 4.71. The smallest absolute Gasteiger partial charge is 0.480 e. The molecule has 1 aromatic carbocycles. The Kier molecular flexibility index (Phi) is 7.37. The van der Waals surface area contributed by atoms with Crippen molar-refractivity contribution < 1.29 is 37.4 Å². The number of carbonyl (C=O) groups excluding carboxylic acids is 2. The van der Waals surface area contributed by atoms with Crippen LogP contribution in [0.1, 0.15) is 54.4 Å². The number of benzene rings is 1. The van der Waals surface area contributed by atoms with Crippen LogP contribution in [0.15, 0.2) is 30.3 Å². The summed E-state index contributed by atoms with van der Waals surface area (Å²) in [6.45, 7) is 5.62. The Morgan fingerprint density at radius 1 is 1.21 bits per heavy atom. The second-order valence-electron chi connectivity index (χ2n) is 8.41. The highest BCUT2D eigenvalue weighted by Crippen LogP contribution is 2.34. The largest absolute Gasteiger partial charge is 0.573 e. The molecular weight excluding hydrogens is 473 g/mol. The Morgan fingerprint density at radius 2 is 1.85 bits per heavy atom. The van der Waals surface area contributed by atoms with Crippen molar-refractivity contribution in [1.29, 1.82) is 0 Å². The van der Waals surface area contributed by atoms with Crippen molar-refractivity contribution in [2.24, 2.45) is 0 Å². The molecule has 1 saturated heterocycles. The van der Waals surface area contributed by atoms with Gasteiger partial charge in [-0.05, 0) is 63.4 Å². The summed E-state index contributed by atoms with van der Waals surface area (Å²) in [5.41, 5.74) is -0.797. The first kappa shape index (κ1) is 25.7. The Morgan fingerprint density at radius 3 is 2.41 bits per heavy atom. The maximum atomic E-state index is 13.2. The highest BCUT2D eigenvalue weighted by atomic mass is 32.1. The number of nitrogens with one attached hydrogen (secondary N) is 1. The third-order valence-corrected chi connectivity index (χ3v) is 6.96. The van der Waals surface area contributed by atoms with E-state index in [1.54, 1.807) is 24.8 Å². The lowest BCUT2D eigenvalue weighted by Gasteiger charge is -2.36. The van der Waals surface area contributed by atoms with Gasteiger partial charge in [-0.25, -0.2) is 0 Å². The topological polar surface area (TPSA) is 95.9 Å². The molecule has 2 aromatic rings. The predicted molar refractivity (Wildman–Crippen MR) is 120 cm³/mol. The number of nitrogens with zero attached hydrogens (tertiary/aromatic N) is 1. The number of carbonyl (C=O) groups is 3. The molecule has 1 aromatic heterocycles. The molecule has 0 aliphatic carbocycles. The van der Waals surface area contributed by atoms with Gasteiger partial charge in [-0.1, -0.05) is 6.92 Å². The van der Waals surface area contributed by atoms with Crippen molar-refractivity contribution >= 4 is 34.0 Å². The van der Waals surface area contributed by atoms with E-state index in [1.165, 1.54) is 23.5 Å². The summed E-state index contributed by atoms with van der Waals surface area (Å²) >= 11 is 1.23. The van der Waals surface area contributed by atoms with Crippen molar-refractivity contribution in [2.75, 3.05) is 11.9 Å². The average Bonchev–Trinajstić information content (AvgIpc) is 3.40. The van der Waals surface area contributed by atoms with Crippen molar-refractivity contribution in [3.8, 4) is 5.75 Å². The second kappa shape index (κ2) is 9.75. The monoisotopic (exact) mass is 498 g/mol. The summed E-state index contributed by atoms with van der Waals surface area (Å²) in [6.07, 6.45) is -3.13. The van der Waals surface area contributed by atoms with Gasteiger partial charge in [0.05, 0.1) is 11.1 Å². The van der Waals surface area contributed by atoms with Gasteiger partial charge in [0.2, 0.25) is 5.91 Å². The molecule has 1 aliphatic heterocycles. The minimum atomic E-state index is -4.84. The number of carboxylic acids is 1. The SMILES string of the molecule is CCc1cc(C(=O)c2ccc(OC(F)(F)F)cc2)c(NC(=O)C(C)(C)N2CCC[C@@H]2C(=O)O)s1. The van der Waals surface area contributed by atoms with Crippen LogP contribution in [-0.2, 0) is 16.0 Å². The molecule has 2 N–H and O–H groups in total. The number of anilines is 1. The molecule has 1 amide bonds. The zero-order valence-corrected chi connectivity index (χ0v) is 19.7. The van der Waals surface area contributed by atoms with E-state index >= 15 is 0 Å². The molecule has 0 radical (unpaired) electrons. The van der Waals surface area contributed by atoms with E-state index in [1.807, 2.05) is 6.92 Å². The van der Waals surface area contributed by atoms with Crippen LogP contribution in [0.2, 0.25) is 0 Å². The van der Waals surface area contributed by atoms with Crippen molar-refractivity contribution in [1.82, 2.24) is 4.90 Å². The highest BCUT2D eigenvalue weighted by molar-refractivity contribution is 7.16. The van der Waals surface area contributed by atoms with Crippen LogP contribution in [0.4, 0.5) is 18.2 Å². The van der Waals surface area contributed by atoms with Gasteiger partial charge >= 0.3 is 12.3 Å². The molecule has 0 saturated carbocycles. The van der Waals surface area contributed by atoms with Gasteiger partial charge in [-0.3, -0.25) is 19.3 Å². The molecule has 0 spiro atoms. The number of likely N-dealkylation sites (tertiary alicyclic amines) is 1. The van der Waals surface area contributed by atoms with Gasteiger partial charge < -0.3 is 15.2 Å². The second-order valence-corrected chi connectivity index (χ2v) is 9.55. The molecule has 3 rings (SSSR count). The van der Waals surface area contributed by atoms with Crippen LogP contribution in [-0.4, -0.2) is 52.2 Å². The Labute approximate surface area is 198 Å². The number of ether oxygens (including phenoxy) is 1. The van der Waals surface area contributed by atoms with E-state index in [0.717, 1.165) is 17.0 Å². The molecule has 1 fully saturated rings. The maximum absolute atomic E-state index is 13.2. The fraction of sp³-hybridized carbons (Fsp3) is 0.435. The molecule has 0 bridgehead atoms. The maximum Gasteiger partial charge on any atom is 0.573 e. The number of hydrogen-bond donors (Lipinski definition) is 2. The molecule has 11 heteroatoms. The Bertz CT molecular complexity index is 1080. The van der Waals surface area contributed by atoms with E-state index in [2.05, 4.69) is 10.1 Å². The summed E-state index contributed by atoms with van der Waals surface area (Å²) in [7, 11) is 0. The van der Waals surface area contributed by atoms with E-state index < -0.39 is 41.4 Å². The number of halogens is 3. The molecule has 1 aliphatic rings. The molecule has 1 atom stereocenters. The number of aliphatic carboxylic acids is 1. The van der Waals surface area contributed by atoms with Crippen LogP contribution >= 0.6 is 11.3 Å². The number of amides is 1. The van der Waals surface area contributed by atoms with Crippen LogP contribution in [0.25, 0.3) is 0 Å². The standard InChI is InChI=1S/C23H25F3N2O5S/c1-4-15-12-16(18(29)13-7-9-14(10-8-13)33-23(24,25)26)19(34-15)27-21(32)22(2,3)28-11-5-6-17(28)20(30)31/h7-10,12,17H,4-6,11H2,1-3H3,(H,27,32)(H,30,31)/t17-/m1/s1. The molecule has 34 heavy (non-hydrogen) atoms. The van der Waals surface area contributed by atoms with E-state index in [0.29, 0.717) is 30.8 Å². The molecule has 0 unspecified atom stereocenters. The summed E-state index contributed by atoms with van der Waals surface area (Å²) in [5.74, 6) is -2.35. The summed E-state index contributed by atoms with van der Waals surface area (Å²) in [5, 5.41) is 12.6. The average molecular weight is 499 g/mol. The zero-order chi connectivity index (χ0) is 25.3. The molecular formula is C23H25F3N2O5S. The van der Waals surface area contributed by atoms with Gasteiger partial charge in [0.1, 0.15) is 16.8 Å². The third kappa shape index (κ3) is 5.58. The van der Waals surface area contributed by atoms with Gasteiger partial charge in [-0.2, -0.15) is 0 Å². The number of thiophene rings is 1. The van der Waals surface area contributed by atoms with Crippen molar-refractivity contribution in [3.05, 3.63) is 46.3 Å². The normalized spacial score (nSPS) is 16.9. The minimum Gasteiger partial charge on any atom is -0.480 e. The first-order valence-corrected chi connectivity index (χ1v) is 11.5. The fourth-order valence-electron chi connectivity index (χ4n) is 3.92. The number of carboxylic acid groups (broad SMARTS) is 1. The summed E-state index contributed by atoms with van der Waals surface area (Å²) in [6, 6.07) is 5.43. The van der Waals surface area contributed by atoms with Gasteiger partial charge in [0.15, 0.2) is 5.78 Å². The highest BCUT2D eigenvalue weighted by Gasteiger charge is 2.44. The van der Waals surface area contributed by atoms with E-state index in [-0.39, 0.29) is 11.1 Å². The third-order valence-electron chi connectivity index (χ3n) is 5.76. The fourth-order valence-corrected chi connectivity index (χ4v) is 4.91. The van der Waals surface area contributed by atoms with E-state index in [9.17, 15) is 32.7 Å². The number of ketones is 1. The van der Waals surface area contributed by atoms with Crippen LogP contribution in [0.5, 0.6) is 5.75 Å². The first-order valence-electron chi connectivity index (χ1n) is 10.7. The number of aryl methyl sites for hydroxylation is 1. The summed E-state index contributed by atoms with van der Waals surface area (Å²) < 4.78 is 41.0. The lowest BCUT2D eigenvalue weighted by atomic mass is 9.99. The first-order chi connectivity index (χ1) is 15.8. The number of rotatable bonds is 8. The molecule has 7 nitrogen and oxygen atoms in total. The van der Waals surface area contributed by atoms with Gasteiger partial charge in [0.25, 0.3) is 0 Å². The number of hydrogen-bond acceptors (Lipinski definition) is 6. The van der Waals surface area contributed by atoms with Gasteiger partial charge in [-0.15, -0.1) is 24.5 Å². The zero-order valence-electron chi connectivity index (χ0n) is 18.9. The van der Waals surface area contributed by atoms with E-state index in [4.69, 9.17) is 0 Å². The van der Waals surface area contributed by atoms with Crippen LogP contribution in [0.3, 0.4) is 0 Å². The lowest BCUT2D eigenvalue weighted by molar-refractivity contribution is -0.274. The van der Waals surface area contributed by atoms with Crippen molar-refractivity contribution in [2.45, 2.75) is 58.0 Å². The lowest BCUT2D eigenvalue weighted by Crippen LogP contribution is -2.56. The molecule has 184 valence electrons. The van der Waals surface area contributed by atoms with Crippen LogP contribution < -0.4 is 10.1 Å². The molecule has 2 heterocycles. The Hall–Kier alpha value is -2.92. The quantitative estimate of drug-likeness (QED) is 0.512. The van der Waals surface area contributed by atoms with Crippen molar-refractivity contribution in [3.63, 3.8) is 0 Å². The number of alkyl halides is 3. The minimum absolute atomic E-state index is 0.134. The van der Waals surface area contributed by atoms with Crippen LogP contribution in [0, 0.1) is 0 Å².